The van der Waals surface area contributed by atoms with E-state index in [2.05, 4.69) is 32.9 Å². The Morgan fingerprint density at radius 1 is 0.235 bits per heavy atom. The molecule has 0 rings (SSSR count). The fraction of sp³-hybridized carbons (Fsp3) is 0.933. The number of rotatable bonds is 70. The smallest absolute Gasteiger partial charge is 0.306 e. The SMILES string of the molecule is CCCCCCCC/C=C\CCCCCCCCCCCCCC(=O)OC(COC(=O)CCCCCCCCCCCCCCCCCCCCCCC)COC(=O)CCCCCCCCCCCCCCCCCCCCCCC. The summed E-state index contributed by atoms with van der Waals surface area (Å²) in [5, 5.41) is 0. The van der Waals surface area contributed by atoms with E-state index < -0.39 is 6.10 Å². The van der Waals surface area contributed by atoms with Crippen LogP contribution in [-0.4, -0.2) is 37.2 Å². The normalized spacial score (nSPS) is 11.7. The fourth-order valence-corrected chi connectivity index (χ4v) is 11.7. The van der Waals surface area contributed by atoms with Crippen LogP contribution < -0.4 is 0 Å². The van der Waals surface area contributed by atoms with Crippen LogP contribution in [0.15, 0.2) is 12.2 Å². The number of allylic oxidation sites excluding steroid dienone is 2. The van der Waals surface area contributed by atoms with Crippen LogP contribution in [0.1, 0.15) is 432 Å². The first-order valence-electron chi connectivity index (χ1n) is 37.2. The van der Waals surface area contributed by atoms with Gasteiger partial charge in [0.2, 0.25) is 0 Å². The summed E-state index contributed by atoms with van der Waals surface area (Å²) in [5.74, 6) is -0.822. The van der Waals surface area contributed by atoms with E-state index in [0.717, 1.165) is 57.8 Å². The Hall–Kier alpha value is -1.85. The molecule has 0 aliphatic carbocycles. The molecule has 6 heteroatoms. The molecule has 480 valence electrons. The fourth-order valence-electron chi connectivity index (χ4n) is 11.7. The first-order valence-corrected chi connectivity index (χ1v) is 37.2. The van der Waals surface area contributed by atoms with Crippen LogP contribution in [0, 0.1) is 0 Å². The van der Waals surface area contributed by atoms with Gasteiger partial charge in [-0.2, -0.15) is 0 Å². The maximum Gasteiger partial charge on any atom is 0.306 e. The van der Waals surface area contributed by atoms with Crippen LogP contribution in [0.5, 0.6) is 0 Å². The van der Waals surface area contributed by atoms with Crippen molar-refractivity contribution in [3.8, 4) is 0 Å². The molecule has 0 N–H and O–H groups in total. The third-order valence-electron chi connectivity index (χ3n) is 17.3. The highest BCUT2D eigenvalue weighted by molar-refractivity contribution is 5.71. The van der Waals surface area contributed by atoms with Gasteiger partial charge >= 0.3 is 17.9 Å². The van der Waals surface area contributed by atoms with Crippen LogP contribution in [0.2, 0.25) is 0 Å². The van der Waals surface area contributed by atoms with Gasteiger partial charge in [0.1, 0.15) is 13.2 Å². The minimum Gasteiger partial charge on any atom is -0.462 e. The number of carbonyl (C=O) groups excluding carboxylic acids is 3. The second-order valence-corrected chi connectivity index (χ2v) is 25.6. The van der Waals surface area contributed by atoms with Gasteiger partial charge in [0.05, 0.1) is 0 Å². The molecule has 0 aromatic carbocycles. The van der Waals surface area contributed by atoms with Gasteiger partial charge in [-0.05, 0) is 44.9 Å². The minimum atomic E-state index is -0.767. The molecule has 0 saturated carbocycles. The van der Waals surface area contributed by atoms with E-state index in [1.807, 2.05) is 0 Å². The molecule has 0 saturated heterocycles. The molecule has 0 aromatic rings. The zero-order chi connectivity index (χ0) is 58.5. The Bertz CT molecular complexity index is 1200. The van der Waals surface area contributed by atoms with E-state index in [9.17, 15) is 14.4 Å². The van der Waals surface area contributed by atoms with Crippen molar-refractivity contribution in [1.82, 2.24) is 0 Å². The number of ether oxygens (including phenoxy) is 3. The van der Waals surface area contributed by atoms with Gasteiger partial charge in [0, 0.05) is 19.3 Å². The van der Waals surface area contributed by atoms with Gasteiger partial charge in [0.25, 0.3) is 0 Å². The first-order chi connectivity index (χ1) is 40.0. The molecule has 0 bridgehead atoms. The van der Waals surface area contributed by atoms with E-state index in [1.54, 1.807) is 0 Å². The van der Waals surface area contributed by atoms with Crippen molar-refractivity contribution in [3.63, 3.8) is 0 Å². The molecule has 81 heavy (non-hydrogen) atoms. The van der Waals surface area contributed by atoms with Gasteiger partial charge < -0.3 is 14.2 Å². The summed E-state index contributed by atoms with van der Waals surface area (Å²) in [6, 6.07) is 0. The zero-order valence-electron chi connectivity index (χ0n) is 55.4. The highest BCUT2D eigenvalue weighted by Crippen LogP contribution is 2.19. The largest absolute Gasteiger partial charge is 0.462 e. The maximum atomic E-state index is 13.0. The van der Waals surface area contributed by atoms with Gasteiger partial charge in [-0.25, -0.2) is 0 Å². The number of hydrogen-bond donors (Lipinski definition) is 0. The number of carbonyl (C=O) groups is 3. The zero-order valence-corrected chi connectivity index (χ0v) is 55.4. The Kier molecular flexibility index (Phi) is 69.0. The number of esters is 3. The lowest BCUT2D eigenvalue weighted by Crippen LogP contribution is -2.30. The van der Waals surface area contributed by atoms with E-state index in [0.29, 0.717) is 19.3 Å². The molecular formula is C75H144O6. The summed E-state index contributed by atoms with van der Waals surface area (Å²) in [6.07, 6.45) is 85.3. The Morgan fingerprint density at radius 3 is 0.617 bits per heavy atom. The predicted molar refractivity (Wildman–Crippen MR) is 353 cm³/mol. The van der Waals surface area contributed by atoms with Crippen molar-refractivity contribution in [2.45, 2.75) is 438 Å². The minimum absolute atomic E-state index is 0.0627. The van der Waals surface area contributed by atoms with Gasteiger partial charge in [-0.15, -0.1) is 0 Å². The van der Waals surface area contributed by atoms with Crippen LogP contribution in [-0.2, 0) is 28.6 Å². The average Bonchev–Trinajstić information content (AvgIpc) is 3.47. The highest BCUT2D eigenvalue weighted by atomic mass is 16.6. The van der Waals surface area contributed by atoms with E-state index in [4.69, 9.17) is 14.2 Å². The van der Waals surface area contributed by atoms with E-state index in [-0.39, 0.29) is 31.1 Å². The average molecular weight is 1140 g/mol. The summed E-state index contributed by atoms with van der Waals surface area (Å²) >= 11 is 0. The van der Waals surface area contributed by atoms with Crippen molar-refractivity contribution in [3.05, 3.63) is 12.2 Å². The lowest BCUT2D eigenvalue weighted by atomic mass is 10.0. The molecule has 0 fully saturated rings. The topological polar surface area (TPSA) is 78.9 Å². The van der Waals surface area contributed by atoms with Crippen molar-refractivity contribution >= 4 is 17.9 Å². The molecule has 0 spiro atoms. The summed E-state index contributed by atoms with van der Waals surface area (Å²) in [6.45, 7) is 6.74. The molecule has 0 heterocycles. The number of hydrogen-bond acceptors (Lipinski definition) is 6. The summed E-state index contributed by atoms with van der Waals surface area (Å²) < 4.78 is 17.1. The van der Waals surface area contributed by atoms with E-state index in [1.165, 1.54) is 334 Å². The molecule has 0 aliphatic heterocycles. The monoisotopic (exact) mass is 1140 g/mol. The van der Waals surface area contributed by atoms with Gasteiger partial charge in [0.15, 0.2) is 6.10 Å². The third-order valence-corrected chi connectivity index (χ3v) is 17.3. The molecule has 0 aromatic heterocycles. The van der Waals surface area contributed by atoms with Crippen molar-refractivity contribution < 1.29 is 28.6 Å². The second kappa shape index (κ2) is 70.6. The molecule has 0 atom stereocenters. The Balaban J connectivity index is 4.28. The van der Waals surface area contributed by atoms with Crippen LogP contribution >= 0.6 is 0 Å². The van der Waals surface area contributed by atoms with Crippen molar-refractivity contribution in [1.29, 1.82) is 0 Å². The third kappa shape index (κ3) is 68.8. The molecule has 0 amide bonds. The lowest BCUT2D eigenvalue weighted by Gasteiger charge is -2.18. The van der Waals surface area contributed by atoms with Crippen LogP contribution in [0.25, 0.3) is 0 Å². The molecular weight excluding hydrogens is 997 g/mol. The van der Waals surface area contributed by atoms with E-state index >= 15 is 0 Å². The summed E-state index contributed by atoms with van der Waals surface area (Å²) in [7, 11) is 0. The number of unbranched alkanes of at least 4 members (excludes halogenated alkanes) is 57. The summed E-state index contributed by atoms with van der Waals surface area (Å²) in [4.78, 5) is 38.5. The second-order valence-electron chi connectivity index (χ2n) is 25.6. The molecule has 6 nitrogen and oxygen atoms in total. The quantitative estimate of drug-likeness (QED) is 0.0261. The van der Waals surface area contributed by atoms with Crippen molar-refractivity contribution in [2.75, 3.05) is 13.2 Å². The van der Waals surface area contributed by atoms with Crippen LogP contribution in [0.4, 0.5) is 0 Å². The van der Waals surface area contributed by atoms with Crippen LogP contribution in [0.3, 0.4) is 0 Å². The first kappa shape index (κ1) is 79.2. The maximum absolute atomic E-state index is 13.0. The predicted octanol–water partition coefficient (Wildman–Crippen LogP) is 25.6. The lowest BCUT2D eigenvalue weighted by molar-refractivity contribution is -0.167. The molecule has 0 aliphatic rings. The van der Waals surface area contributed by atoms with Gasteiger partial charge in [-0.3, -0.25) is 14.4 Å². The molecule has 0 unspecified atom stereocenters. The Labute approximate surface area is 507 Å². The Morgan fingerprint density at radius 2 is 0.407 bits per heavy atom. The summed E-state index contributed by atoms with van der Waals surface area (Å²) in [5.41, 5.74) is 0. The molecule has 0 radical (unpaired) electrons. The van der Waals surface area contributed by atoms with Gasteiger partial charge in [-0.1, -0.05) is 380 Å². The highest BCUT2D eigenvalue weighted by Gasteiger charge is 2.20. The standard InChI is InChI=1S/C75H144O6/c1-4-7-10-13-16-19-22-25-28-31-34-37-40-43-46-49-52-55-58-61-64-67-73(76)79-70-72(81-75(78)69-66-63-60-57-54-51-48-45-42-39-36-33-30-27-24-21-18-15-12-9-6-3)71-80-74(77)68-65-62-59-56-53-50-47-44-41-38-35-32-29-26-23-20-17-14-11-8-5-2/h27,30,72H,4-26,28-29,31-71H2,1-3H3/b30-27-. The van der Waals surface area contributed by atoms with Crippen molar-refractivity contribution in [2.24, 2.45) is 0 Å².